The molecule has 3 aromatic carbocycles. The van der Waals surface area contributed by atoms with E-state index in [1.54, 1.807) is 25.3 Å². The third-order valence-corrected chi connectivity index (χ3v) is 4.69. The van der Waals surface area contributed by atoms with E-state index in [0.717, 1.165) is 16.9 Å². The zero-order valence-corrected chi connectivity index (χ0v) is 16.4. The van der Waals surface area contributed by atoms with Crippen molar-refractivity contribution >= 4 is 5.91 Å². The minimum absolute atomic E-state index is 0.268. The molecule has 0 saturated heterocycles. The predicted molar refractivity (Wildman–Crippen MR) is 113 cm³/mol. The first-order chi connectivity index (χ1) is 14.6. The van der Waals surface area contributed by atoms with Gasteiger partial charge in [0.1, 0.15) is 17.3 Å². The summed E-state index contributed by atoms with van der Waals surface area (Å²) in [5, 5.41) is 7.53. The lowest BCUT2D eigenvalue weighted by atomic mass is 10.1. The van der Waals surface area contributed by atoms with Gasteiger partial charge in [-0.3, -0.25) is 4.79 Å². The topological polar surface area (TPSA) is 56.1 Å². The van der Waals surface area contributed by atoms with Crippen LogP contribution in [0.1, 0.15) is 16.1 Å². The van der Waals surface area contributed by atoms with Crippen molar-refractivity contribution in [2.75, 3.05) is 7.11 Å². The van der Waals surface area contributed by atoms with E-state index in [2.05, 4.69) is 10.4 Å². The van der Waals surface area contributed by atoms with Gasteiger partial charge in [-0.2, -0.15) is 5.10 Å². The Balaban J connectivity index is 1.68. The maximum absolute atomic E-state index is 13.4. The van der Waals surface area contributed by atoms with E-state index in [1.807, 2.05) is 54.6 Å². The molecule has 0 aliphatic rings. The van der Waals surface area contributed by atoms with Gasteiger partial charge in [0, 0.05) is 12.1 Å². The Kier molecular flexibility index (Phi) is 5.57. The van der Waals surface area contributed by atoms with Gasteiger partial charge in [0.15, 0.2) is 0 Å². The number of benzene rings is 3. The molecule has 0 atom stereocenters. The number of halogens is 1. The van der Waals surface area contributed by atoms with E-state index in [-0.39, 0.29) is 11.7 Å². The molecule has 1 N–H and O–H groups in total. The van der Waals surface area contributed by atoms with Gasteiger partial charge in [0.05, 0.1) is 18.5 Å². The smallest absolute Gasteiger partial charge is 0.270 e. The van der Waals surface area contributed by atoms with Crippen LogP contribution in [-0.4, -0.2) is 22.8 Å². The molecule has 0 saturated carbocycles. The van der Waals surface area contributed by atoms with Crippen LogP contribution >= 0.6 is 0 Å². The molecule has 0 aliphatic carbocycles. The summed E-state index contributed by atoms with van der Waals surface area (Å²) in [6, 6.07) is 24.7. The van der Waals surface area contributed by atoms with Gasteiger partial charge in [-0.15, -0.1) is 0 Å². The molecule has 5 nitrogen and oxygen atoms in total. The number of carbonyl (C=O) groups is 1. The molecular weight excluding hydrogens is 381 g/mol. The van der Waals surface area contributed by atoms with Crippen molar-refractivity contribution in [3.63, 3.8) is 0 Å². The first kappa shape index (κ1) is 19.4. The largest absolute Gasteiger partial charge is 0.497 e. The van der Waals surface area contributed by atoms with Crippen molar-refractivity contribution < 1.29 is 13.9 Å². The molecule has 0 unspecified atom stereocenters. The number of hydrogen-bond donors (Lipinski definition) is 1. The van der Waals surface area contributed by atoms with Crippen LogP contribution in [0.5, 0.6) is 5.75 Å². The Morgan fingerprint density at radius 3 is 2.37 bits per heavy atom. The van der Waals surface area contributed by atoms with Crippen molar-refractivity contribution in [1.29, 1.82) is 0 Å². The van der Waals surface area contributed by atoms with Gasteiger partial charge < -0.3 is 10.1 Å². The summed E-state index contributed by atoms with van der Waals surface area (Å²) in [6.07, 6.45) is 0. The molecule has 0 aliphatic heterocycles. The third-order valence-electron chi connectivity index (χ3n) is 4.69. The van der Waals surface area contributed by atoms with Gasteiger partial charge in [0.25, 0.3) is 5.91 Å². The van der Waals surface area contributed by atoms with Crippen LogP contribution in [0, 0.1) is 5.82 Å². The van der Waals surface area contributed by atoms with Crippen LogP contribution < -0.4 is 10.1 Å². The number of nitrogens with one attached hydrogen (secondary N) is 1. The summed E-state index contributed by atoms with van der Waals surface area (Å²) in [4.78, 5) is 13.0. The number of rotatable bonds is 6. The molecule has 1 heterocycles. The third kappa shape index (κ3) is 4.22. The van der Waals surface area contributed by atoms with E-state index >= 15 is 0 Å². The van der Waals surface area contributed by atoms with Crippen molar-refractivity contribution in [3.05, 3.63) is 102 Å². The van der Waals surface area contributed by atoms with Crippen molar-refractivity contribution in [3.8, 4) is 22.7 Å². The number of carbonyl (C=O) groups excluding carboxylic acids is 1. The lowest BCUT2D eigenvalue weighted by Gasteiger charge is -2.08. The quantitative estimate of drug-likeness (QED) is 0.513. The summed E-state index contributed by atoms with van der Waals surface area (Å²) in [5.74, 6) is 0.115. The van der Waals surface area contributed by atoms with E-state index in [4.69, 9.17) is 4.74 Å². The molecule has 30 heavy (non-hydrogen) atoms. The average Bonchev–Trinajstić information content (AvgIpc) is 3.24. The van der Waals surface area contributed by atoms with E-state index in [9.17, 15) is 9.18 Å². The zero-order chi connectivity index (χ0) is 20.9. The van der Waals surface area contributed by atoms with Crippen LogP contribution in [0.3, 0.4) is 0 Å². The predicted octanol–water partition coefficient (Wildman–Crippen LogP) is 4.62. The normalized spacial score (nSPS) is 10.6. The van der Waals surface area contributed by atoms with Gasteiger partial charge in [-0.25, -0.2) is 9.07 Å². The minimum atomic E-state index is -0.351. The van der Waals surface area contributed by atoms with Crippen LogP contribution in [0.15, 0.2) is 84.9 Å². The summed E-state index contributed by atoms with van der Waals surface area (Å²) in [5.41, 5.74) is 3.43. The summed E-state index contributed by atoms with van der Waals surface area (Å²) >= 11 is 0. The number of ether oxygens (including phenoxy) is 1. The van der Waals surface area contributed by atoms with Gasteiger partial charge >= 0.3 is 0 Å². The fourth-order valence-electron chi connectivity index (χ4n) is 3.09. The number of aromatic nitrogens is 2. The highest BCUT2D eigenvalue weighted by Gasteiger charge is 2.18. The lowest BCUT2D eigenvalue weighted by molar-refractivity contribution is 0.0943. The number of nitrogens with zero attached hydrogens (tertiary/aromatic N) is 2. The second-order valence-corrected chi connectivity index (χ2v) is 6.70. The molecule has 1 amide bonds. The molecule has 0 fully saturated rings. The lowest BCUT2D eigenvalue weighted by Crippen LogP contribution is -2.25. The fourth-order valence-corrected chi connectivity index (χ4v) is 3.09. The monoisotopic (exact) mass is 401 g/mol. The second-order valence-electron chi connectivity index (χ2n) is 6.70. The molecule has 0 radical (unpaired) electrons. The highest BCUT2D eigenvalue weighted by molar-refractivity contribution is 5.94. The average molecular weight is 401 g/mol. The van der Waals surface area contributed by atoms with E-state index in [0.29, 0.717) is 23.6 Å². The Morgan fingerprint density at radius 2 is 1.70 bits per heavy atom. The maximum Gasteiger partial charge on any atom is 0.270 e. The fraction of sp³-hybridized carbons (Fsp3) is 0.0833. The van der Waals surface area contributed by atoms with Gasteiger partial charge in [-0.1, -0.05) is 30.3 Å². The molecule has 0 spiro atoms. The number of amides is 1. The summed E-state index contributed by atoms with van der Waals surface area (Å²) in [7, 11) is 1.60. The highest BCUT2D eigenvalue weighted by atomic mass is 19.1. The first-order valence-corrected chi connectivity index (χ1v) is 9.46. The Labute approximate surface area is 173 Å². The van der Waals surface area contributed by atoms with Crippen molar-refractivity contribution in [1.82, 2.24) is 15.1 Å². The minimum Gasteiger partial charge on any atom is -0.497 e. The number of methoxy groups -OCH3 is 1. The summed E-state index contributed by atoms with van der Waals surface area (Å²) in [6.45, 7) is 0.395. The SMILES string of the molecule is COc1ccc(-c2cc(C(=O)NCc3ccccc3)n(-c3ccc(F)cc3)n2)cc1. The molecular formula is C24H20FN3O2. The zero-order valence-electron chi connectivity index (χ0n) is 16.4. The van der Waals surface area contributed by atoms with Crippen LogP contribution in [0.4, 0.5) is 4.39 Å². The Morgan fingerprint density at radius 1 is 1.00 bits per heavy atom. The molecule has 0 bridgehead atoms. The van der Waals surface area contributed by atoms with E-state index < -0.39 is 0 Å². The van der Waals surface area contributed by atoms with Crippen molar-refractivity contribution in [2.45, 2.75) is 6.54 Å². The molecule has 150 valence electrons. The number of hydrogen-bond acceptors (Lipinski definition) is 3. The van der Waals surface area contributed by atoms with Crippen LogP contribution in [0.25, 0.3) is 16.9 Å². The summed E-state index contributed by atoms with van der Waals surface area (Å²) < 4.78 is 20.1. The molecule has 4 rings (SSSR count). The first-order valence-electron chi connectivity index (χ1n) is 9.46. The van der Waals surface area contributed by atoms with E-state index in [1.165, 1.54) is 16.8 Å². The molecule has 1 aromatic heterocycles. The Bertz CT molecular complexity index is 1140. The van der Waals surface area contributed by atoms with Crippen LogP contribution in [-0.2, 0) is 6.54 Å². The van der Waals surface area contributed by atoms with Crippen molar-refractivity contribution in [2.24, 2.45) is 0 Å². The highest BCUT2D eigenvalue weighted by Crippen LogP contribution is 2.24. The van der Waals surface area contributed by atoms with Crippen LogP contribution in [0.2, 0.25) is 0 Å². The molecule has 4 aromatic rings. The van der Waals surface area contributed by atoms with Gasteiger partial charge in [0.2, 0.25) is 0 Å². The standard InChI is InChI=1S/C24H20FN3O2/c1-30-21-13-7-18(8-14-21)22-15-23(24(29)26-16-17-5-3-2-4-6-17)28(27-22)20-11-9-19(25)10-12-20/h2-15H,16H2,1H3,(H,26,29). The second kappa shape index (κ2) is 8.61. The molecule has 6 heteroatoms. The Hall–Kier alpha value is -3.93. The van der Waals surface area contributed by atoms with Gasteiger partial charge in [-0.05, 0) is 60.2 Å². The maximum atomic E-state index is 13.4.